The van der Waals surface area contributed by atoms with Crippen LogP contribution >= 0.6 is 6.64 Å². The summed E-state index contributed by atoms with van der Waals surface area (Å²) in [5, 5.41) is 23.3. The number of nitrogens with one attached hydrogen (secondary N) is 1. The lowest BCUT2D eigenvalue weighted by atomic mass is 10.2. The molecule has 21 heavy (non-hydrogen) atoms. The van der Waals surface area contributed by atoms with Gasteiger partial charge in [-0.15, -0.1) is 0 Å². The molecule has 0 fully saturated rings. The van der Waals surface area contributed by atoms with Gasteiger partial charge in [0.05, 0.1) is 25.3 Å². The van der Waals surface area contributed by atoms with Gasteiger partial charge in [0.25, 0.3) is 0 Å². The summed E-state index contributed by atoms with van der Waals surface area (Å²) < 4.78 is 5.01. The number of carboxylic acids is 2. The topological polar surface area (TPSA) is 125 Å². The molecule has 1 N–H and O–H groups in total. The number of carbonyl (C=O) groups excluding carboxylic acids is 2. The van der Waals surface area contributed by atoms with E-state index in [4.69, 9.17) is 4.52 Å². The van der Waals surface area contributed by atoms with Crippen molar-refractivity contribution in [3.63, 3.8) is 0 Å². The Morgan fingerprint density at radius 3 is 2.43 bits per heavy atom. The van der Waals surface area contributed by atoms with E-state index in [1.54, 1.807) is 30.3 Å². The Hall–Kier alpha value is -1.31. The van der Waals surface area contributed by atoms with Crippen LogP contribution in [0, 0.1) is 0 Å². The molecule has 0 spiro atoms. The van der Waals surface area contributed by atoms with Gasteiger partial charge in [0.1, 0.15) is 0 Å². The van der Waals surface area contributed by atoms with Crippen LogP contribution in [0.4, 0.5) is 0 Å². The maximum Gasteiger partial charge on any atom is 0.0770 e. The Kier molecular flexibility index (Phi) is 6.94. The lowest BCUT2D eigenvalue weighted by Gasteiger charge is -2.34. The van der Waals surface area contributed by atoms with E-state index < -0.39 is 31.0 Å². The van der Waals surface area contributed by atoms with Crippen molar-refractivity contribution in [2.24, 2.45) is 0 Å². The zero-order valence-corrected chi connectivity index (χ0v) is 12.6. The van der Waals surface area contributed by atoms with Gasteiger partial charge in [-0.3, -0.25) is 5.09 Å². The SMILES string of the molecule is O=C([O-])CCC(NP([O-])(=S)OCc1ccccc1)C(=O)[O-]. The zero-order valence-electron chi connectivity index (χ0n) is 10.9. The molecule has 0 saturated carbocycles. The molecular formula is C12H13NO6PS-3. The van der Waals surface area contributed by atoms with Crippen molar-refractivity contribution < 1.29 is 29.2 Å². The van der Waals surface area contributed by atoms with Gasteiger partial charge in [-0.25, -0.2) is 0 Å². The van der Waals surface area contributed by atoms with Crippen LogP contribution in [-0.4, -0.2) is 18.0 Å². The zero-order chi connectivity index (χ0) is 15.9. The number of rotatable bonds is 9. The molecule has 0 aliphatic rings. The van der Waals surface area contributed by atoms with Crippen LogP contribution in [0.3, 0.4) is 0 Å². The highest BCUT2D eigenvalue weighted by Crippen LogP contribution is 2.34. The number of benzene rings is 1. The lowest BCUT2D eigenvalue weighted by Crippen LogP contribution is -2.46. The first-order chi connectivity index (χ1) is 9.80. The minimum absolute atomic E-state index is 0.0606. The molecule has 116 valence electrons. The second kappa shape index (κ2) is 8.21. The molecule has 0 aliphatic carbocycles. The van der Waals surface area contributed by atoms with Gasteiger partial charge in [-0.1, -0.05) is 42.1 Å². The number of carbonyl (C=O) groups is 2. The minimum Gasteiger partial charge on any atom is -0.789 e. The second-order valence-electron chi connectivity index (χ2n) is 4.17. The number of aliphatic carboxylic acids is 2. The first-order valence-electron chi connectivity index (χ1n) is 5.98. The van der Waals surface area contributed by atoms with Gasteiger partial charge in [-0.05, 0) is 18.4 Å². The van der Waals surface area contributed by atoms with Gasteiger partial charge in [0, 0.05) is 5.97 Å². The van der Waals surface area contributed by atoms with Gasteiger partial charge >= 0.3 is 0 Å². The molecule has 2 atom stereocenters. The summed E-state index contributed by atoms with van der Waals surface area (Å²) >= 11 is 4.69. The average molecular weight is 330 g/mol. The minimum atomic E-state index is -3.83. The molecule has 1 aromatic rings. The van der Waals surface area contributed by atoms with E-state index in [-0.39, 0.29) is 13.0 Å². The van der Waals surface area contributed by atoms with E-state index in [1.807, 2.05) is 0 Å². The Bertz CT molecular complexity index is 538. The molecule has 0 bridgehead atoms. The highest BCUT2D eigenvalue weighted by atomic mass is 32.5. The van der Waals surface area contributed by atoms with Gasteiger partial charge in [0.2, 0.25) is 0 Å². The average Bonchev–Trinajstić information content (AvgIpc) is 2.42. The molecular weight excluding hydrogens is 317 g/mol. The third-order valence-corrected chi connectivity index (χ3v) is 4.21. The molecule has 1 aromatic carbocycles. The molecule has 0 heterocycles. The first-order valence-corrected chi connectivity index (χ1v) is 8.62. The molecule has 0 aliphatic heterocycles. The van der Waals surface area contributed by atoms with Crippen molar-refractivity contribution in [3.8, 4) is 0 Å². The quantitative estimate of drug-likeness (QED) is 0.517. The molecule has 0 radical (unpaired) electrons. The fraction of sp³-hybridized carbons (Fsp3) is 0.333. The lowest BCUT2D eigenvalue weighted by molar-refractivity contribution is -0.310. The van der Waals surface area contributed by atoms with E-state index >= 15 is 0 Å². The molecule has 0 aromatic heterocycles. The summed E-state index contributed by atoms with van der Waals surface area (Å²) in [7, 11) is 0. The predicted molar refractivity (Wildman–Crippen MR) is 71.7 cm³/mol. The van der Waals surface area contributed by atoms with E-state index in [0.29, 0.717) is 5.56 Å². The summed E-state index contributed by atoms with van der Waals surface area (Å²) in [6, 6.07) is 7.26. The Morgan fingerprint density at radius 1 is 1.29 bits per heavy atom. The summed E-state index contributed by atoms with van der Waals surface area (Å²) in [4.78, 5) is 33.2. The smallest absolute Gasteiger partial charge is 0.0770 e. The maximum atomic E-state index is 12.0. The highest BCUT2D eigenvalue weighted by molar-refractivity contribution is 8.07. The van der Waals surface area contributed by atoms with E-state index in [9.17, 15) is 24.7 Å². The standard InChI is InChI=1S/C12H16NO6PS/c14-11(15)7-6-10(12(16)17)13-20(18,21)19-8-9-4-2-1-3-5-9/h1-5,10H,6-8H2,(H,14,15)(H,16,17)(H2,13,18,21)/p-3. The fourth-order valence-corrected chi connectivity index (χ4v) is 3.01. The summed E-state index contributed by atoms with van der Waals surface area (Å²) in [6.45, 7) is -3.89. The van der Waals surface area contributed by atoms with Crippen molar-refractivity contribution in [3.05, 3.63) is 35.9 Å². The van der Waals surface area contributed by atoms with Crippen LogP contribution in [0.15, 0.2) is 30.3 Å². The van der Waals surface area contributed by atoms with Crippen molar-refractivity contribution in [2.75, 3.05) is 0 Å². The predicted octanol–water partition coefficient (Wildman–Crippen LogP) is -1.97. The van der Waals surface area contributed by atoms with Crippen molar-refractivity contribution in [1.29, 1.82) is 0 Å². The largest absolute Gasteiger partial charge is 0.789 e. The second-order valence-corrected chi connectivity index (χ2v) is 7.12. The van der Waals surface area contributed by atoms with E-state index in [0.717, 1.165) is 0 Å². The molecule has 7 nitrogen and oxygen atoms in total. The number of carboxylic acid groups (broad SMARTS) is 2. The molecule has 0 saturated heterocycles. The van der Waals surface area contributed by atoms with Crippen LogP contribution in [0.25, 0.3) is 0 Å². The Labute approximate surface area is 126 Å². The van der Waals surface area contributed by atoms with Gasteiger partial charge < -0.3 is 29.2 Å². The van der Waals surface area contributed by atoms with Crippen LogP contribution in [0.1, 0.15) is 18.4 Å². The first kappa shape index (κ1) is 17.7. The van der Waals surface area contributed by atoms with Crippen molar-refractivity contribution in [1.82, 2.24) is 5.09 Å². The summed E-state index contributed by atoms with van der Waals surface area (Å²) in [6.07, 6.45) is -0.889. The molecule has 2 unspecified atom stereocenters. The Morgan fingerprint density at radius 2 is 1.90 bits per heavy atom. The number of hydrogen-bond donors (Lipinski definition) is 1. The van der Waals surface area contributed by atoms with Crippen molar-refractivity contribution in [2.45, 2.75) is 25.5 Å². The third-order valence-electron chi connectivity index (χ3n) is 2.48. The molecule has 1 rings (SSSR count). The van der Waals surface area contributed by atoms with E-state index in [2.05, 4.69) is 16.9 Å². The van der Waals surface area contributed by atoms with Gasteiger partial charge in [0.15, 0.2) is 0 Å². The Balaban J connectivity index is 2.57. The molecule has 9 heteroatoms. The number of hydrogen-bond acceptors (Lipinski definition) is 7. The summed E-state index contributed by atoms with van der Waals surface area (Å²) in [5.41, 5.74) is 0.712. The monoisotopic (exact) mass is 330 g/mol. The van der Waals surface area contributed by atoms with Crippen LogP contribution in [-0.2, 0) is 32.5 Å². The third kappa shape index (κ3) is 7.31. The van der Waals surface area contributed by atoms with Crippen LogP contribution in [0.2, 0.25) is 0 Å². The van der Waals surface area contributed by atoms with Crippen LogP contribution in [0.5, 0.6) is 0 Å². The van der Waals surface area contributed by atoms with Crippen LogP contribution < -0.4 is 20.2 Å². The fourth-order valence-electron chi connectivity index (χ4n) is 1.46. The van der Waals surface area contributed by atoms with Gasteiger partial charge in [-0.2, -0.15) is 0 Å². The van der Waals surface area contributed by atoms with Crippen molar-refractivity contribution >= 4 is 30.4 Å². The molecule has 0 amide bonds. The maximum absolute atomic E-state index is 12.0. The van der Waals surface area contributed by atoms with E-state index in [1.165, 1.54) is 0 Å². The highest BCUT2D eigenvalue weighted by Gasteiger charge is 2.14. The summed E-state index contributed by atoms with van der Waals surface area (Å²) in [5.74, 6) is -3.03. The normalized spacial score (nSPS) is 15.1.